The van der Waals surface area contributed by atoms with E-state index in [1.165, 1.54) is 6.07 Å². The van der Waals surface area contributed by atoms with Gasteiger partial charge in [-0.1, -0.05) is 6.07 Å². The van der Waals surface area contributed by atoms with Crippen LogP contribution >= 0.6 is 0 Å². The van der Waals surface area contributed by atoms with Gasteiger partial charge in [0.05, 0.1) is 16.9 Å². The Morgan fingerprint density at radius 3 is 2.53 bits per heavy atom. The number of nitrogens with two attached hydrogens (primary N) is 1. The minimum absolute atomic E-state index is 0.153. The number of para-hydroxylation sites is 1. The maximum atomic E-state index is 10.9. The van der Waals surface area contributed by atoms with Crippen LogP contribution in [0.5, 0.6) is 0 Å². The Morgan fingerprint density at radius 1 is 1.47 bits per heavy atom. The van der Waals surface area contributed by atoms with E-state index in [1.54, 1.807) is 6.07 Å². The average molecular weight is 208 g/mol. The van der Waals surface area contributed by atoms with Gasteiger partial charge in [0.1, 0.15) is 0 Å². The van der Waals surface area contributed by atoms with Gasteiger partial charge in [0.25, 0.3) is 0 Å². The molecule has 1 aromatic carbocycles. The normalized spacial score (nSPS) is 10.4. The second-order valence-electron chi connectivity index (χ2n) is 3.75. The van der Waals surface area contributed by atoms with Gasteiger partial charge in [-0.05, 0) is 26.0 Å². The van der Waals surface area contributed by atoms with E-state index >= 15 is 0 Å². The van der Waals surface area contributed by atoms with E-state index < -0.39 is 5.97 Å². The van der Waals surface area contributed by atoms with Crippen LogP contribution in [0.3, 0.4) is 0 Å². The van der Waals surface area contributed by atoms with E-state index in [2.05, 4.69) is 0 Å². The van der Waals surface area contributed by atoms with Gasteiger partial charge in [-0.25, -0.2) is 4.79 Å². The fourth-order valence-electron chi connectivity index (χ4n) is 1.33. The molecule has 0 spiro atoms. The molecule has 0 aromatic heterocycles. The molecule has 0 aliphatic rings. The molecule has 4 heteroatoms. The van der Waals surface area contributed by atoms with Gasteiger partial charge in [-0.2, -0.15) is 0 Å². The first-order valence-electron chi connectivity index (χ1n) is 4.79. The first-order chi connectivity index (χ1) is 6.95. The van der Waals surface area contributed by atoms with Gasteiger partial charge in [0.15, 0.2) is 0 Å². The number of carboxylic acid groups (broad SMARTS) is 1. The number of aromatic carboxylic acids is 1. The van der Waals surface area contributed by atoms with Crippen molar-refractivity contribution in [2.45, 2.75) is 19.9 Å². The van der Waals surface area contributed by atoms with Crippen molar-refractivity contribution in [3.05, 3.63) is 23.8 Å². The molecule has 0 unspecified atom stereocenters. The molecule has 0 saturated heterocycles. The zero-order chi connectivity index (χ0) is 11.6. The van der Waals surface area contributed by atoms with E-state index in [-0.39, 0.29) is 11.6 Å². The van der Waals surface area contributed by atoms with E-state index in [0.29, 0.717) is 5.69 Å². The van der Waals surface area contributed by atoms with E-state index in [0.717, 1.165) is 5.69 Å². The molecule has 0 heterocycles. The molecule has 15 heavy (non-hydrogen) atoms. The van der Waals surface area contributed by atoms with Crippen LogP contribution in [-0.2, 0) is 0 Å². The Balaban J connectivity index is 3.21. The number of rotatable bonds is 3. The number of nitrogen functional groups attached to an aromatic ring is 1. The van der Waals surface area contributed by atoms with Crippen molar-refractivity contribution in [2.24, 2.45) is 0 Å². The largest absolute Gasteiger partial charge is 0.478 e. The van der Waals surface area contributed by atoms with Crippen LogP contribution in [0.25, 0.3) is 0 Å². The maximum Gasteiger partial charge on any atom is 0.337 e. The quantitative estimate of drug-likeness (QED) is 0.743. The third-order valence-electron chi connectivity index (χ3n) is 2.47. The van der Waals surface area contributed by atoms with Crippen LogP contribution in [0.1, 0.15) is 24.2 Å². The van der Waals surface area contributed by atoms with Gasteiger partial charge >= 0.3 is 5.97 Å². The second kappa shape index (κ2) is 4.21. The number of carbonyl (C=O) groups is 1. The van der Waals surface area contributed by atoms with Gasteiger partial charge in [-0.3, -0.25) is 0 Å². The topological polar surface area (TPSA) is 66.6 Å². The Hall–Kier alpha value is -1.71. The van der Waals surface area contributed by atoms with Crippen molar-refractivity contribution < 1.29 is 9.90 Å². The summed E-state index contributed by atoms with van der Waals surface area (Å²) in [6, 6.07) is 5.31. The van der Waals surface area contributed by atoms with Crippen LogP contribution in [0.2, 0.25) is 0 Å². The Labute approximate surface area is 89.3 Å². The molecule has 1 rings (SSSR count). The first-order valence-corrected chi connectivity index (χ1v) is 4.79. The molecule has 0 saturated carbocycles. The highest BCUT2D eigenvalue weighted by Crippen LogP contribution is 2.26. The van der Waals surface area contributed by atoms with Crippen molar-refractivity contribution in [2.75, 3.05) is 17.7 Å². The number of carboxylic acids is 1. The summed E-state index contributed by atoms with van der Waals surface area (Å²) in [6.45, 7) is 4.04. The van der Waals surface area contributed by atoms with E-state index in [1.807, 2.05) is 31.9 Å². The van der Waals surface area contributed by atoms with E-state index in [4.69, 9.17) is 10.8 Å². The zero-order valence-electron chi connectivity index (χ0n) is 9.19. The molecule has 3 N–H and O–H groups in total. The molecule has 1 aromatic rings. The fraction of sp³-hybridized carbons (Fsp3) is 0.364. The molecular weight excluding hydrogens is 192 g/mol. The average Bonchev–Trinajstić information content (AvgIpc) is 2.16. The lowest BCUT2D eigenvalue weighted by atomic mass is 10.1. The van der Waals surface area contributed by atoms with Crippen molar-refractivity contribution in [3.63, 3.8) is 0 Å². The highest BCUT2D eigenvalue weighted by atomic mass is 16.4. The first kappa shape index (κ1) is 11.4. The second-order valence-corrected chi connectivity index (χ2v) is 3.75. The van der Waals surface area contributed by atoms with Crippen molar-refractivity contribution in [3.8, 4) is 0 Å². The molecule has 0 atom stereocenters. The van der Waals surface area contributed by atoms with Crippen LogP contribution in [0, 0.1) is 0 Å². The standard InChI is InChI=1S/C11H16N2O2/c1-7(2)13(3)9-6-4-5-8(10(9)12)11(14)15/h4-7H,12H2,1-3H3,(H,14,15). The molecule has 0 radical (unpaired) electrons. The Morgan fingerprint density at radius 2 is 2.07 bits per heavy atom. The smallest absolute Gasteiger partial charge is 0.337 e. The van der Waals surface area contributed by atoms with Gasteiger partial charge in [0.2, 0.25) is 0 Å². The van der Waals surface area contributed by atoms with Crippen LogP contribution in [-0.4, -0.2) is 24.2 Å². The molecule has 0 fully saturated rings. The SMILES string of the molecule is CC(C)N(C)c1cccc(C(=O)O)c1N. The molecule has 82 valence electrons. The third kappa shape index (κ3) is 2.21. The molecule has 0 bridgehead atoms. The van der Waals surface area contributed by atoms with Gasteiger partial charge < -0.3 is 15.7 Å². The Bertz CT molecular complexity index is 375. The number of hydrogen-bond acceptors (Lipinski definition) is 3. The summed E-state index contributed by atoms with van der Waals surface area (Å²) in [5, 5.41) is 8.91. The number of anilines is 2. The predicted molar refractivity (Wildman–Crippen MR) is 61.4 cm³/mol. The third-order valence-corrected chi connectivity index (χ3v) is 2.47. The summed E-state index contributed by atoms with van der Waals surface area (Å²) in [5.41, 5.74) is 7.03. The fourth-order valence-corrected chi connectivity index (χ4v) is 1.33. The summed E-state index contributed by atoms with van der Waals surface area (Å²) in [5.74, 6) is -0.994. The number of nitrogens with zero attached hydrogens (tertiary/aromatic N) is 1. The summed E-state index contributed by atoms with van der Waals surface area (Å²) in [4.78, 5) is 12.8. The predicted octanol–water partition coefficient (Wildman–Crippen LogP) is 1.81. The van der Waals surface area contributed by atoms with Gasteiger partial charge in [-0.15, -0.1) is 0 Å². The van der Waals surface area contributed by atoms with Crippen LogP contribution in [0.15, 0.2) is 18.2 Å². The lowest BCUT2D eigenvalue weighted by molar-refractivity contribution is 0.0698. The summed E-state index contributed by atoms with van der Waals surface area (Å²) in [7, 11) is 1.89. The summed E-state index contributed by atoms with van der Waals surface area (Å²) >= 11 is 0. The highest BCUT2D eigenvalue weighted by molar-refractivity contribution is 5.97. The van der Waals surface area contributed by atoms with Crippen LogP contribution < -0.4 is 10.6 Å². The summed E-state index contributed by atoms with van der Waals surface area (Å²) in [6.07, 6.45) is 0. The summed E-state index contributed by atoms with van der Waals surface area (Å²) < 4.78 is 0. The Kier molecular flexibility index (Phi) is 3.19. The minimum atomic E-state index is -0.994. The molecule has 4 nitrogen and oxygen atoms in total. The molecular formula is C11H16N2O2. The maximum absolute atomic E-state index is 10.9. The highest BCUT2D eigenvalue weighted by Gasteiger charge is 2.14. The molecule has 0 amide bonds. The van der Waals surface area contributed by atoms with Crippen molar-refractivity contribution in [1.29, 1.82) is 0 Å². The number of hydrogen-bond donors (Lipinski definition) is 2. The lowest BCUT2D eigenvalue weighted by Gasteiger charge is -2.25. The monoisotopic (exact) mass is 208 g/mol. The van der Waals surface area contributed by atoms with Crippen LogP contribution in [0.4, 0.5) is 11.4 Å². The van der Waals surface area contributed by atoms with E-state index in [9.17, 15) is 4.79 Å². The minimum Gasteiger partial charge on any atom is -0.478 e. The van der Waals surface area contributed by atoms with Crippen molar-refractivity contribution >= 4 is 17.3 Å². The van der Waals surface area contributed by atoms with Crippen molar-refractivity contribution in [1.82, 2.24) is 0 Å². The van der Waals surface area contributed by atoms with Gasteiger partial charge in [0, 0.05) is 13.1 Å². The molecule has 0 aliphatic carbocycles. The number of benzene rings is 1. The molecule has 0 aliphatic heterocycles. The lowest BCUT2D eigenvalue weighted by Crippen LogP contribution is -2.27. The zero-order valence-corrected chi connectivity index (χ0v) is 9.19.